The average Bonchev–Trinajstić information content (AvgIpc) is 1.97. The van der Waals surface area contributed by atoms with Crippen molar-refractivity contribution in [1.29, 1.82) is 0 Å². The van der Waals surface area contributed by atoms with Crippen LogP contribution in [0.15, 0.2) is 6.20 Å². The molecule has 1 heterocycles. The van der Waals surface area contributed by atoms with E-state index in [4.69, 9.17) is 16.7 Å². The molecule has 0 fully saturated rings. The molecule has 1 N–H and O–H groups in total. The van der Waals surface area contributed by atoms with Crippen LogP contribution in [0.25, 0.3) is 0 Å². The molecule has 12 heavy (non-hydrogen) atoms. The molecule has 0 aliphatic heterocycles. The highest BCUT2D eigenvalue weighted by Gasteiger charge is 2.20. The van der Waals surface area contributed by atoms with E-state index in [-0.39, 0.29) is 0 Å². The third kappa shape index (κ3) is 1.45. The average molecular weight is 198 g/mol. The lowest BCUT2D eigenvalue weighted by Gasteiger charge is -2.04. The van der Waals surface area contributed by atoms with Gasteiger partial charge >= 0.3 is 0 Å². The first-order chi connectivity index (χ1) is 5.54. The van der Waals surface area contributed by atoms with Gasteiger partial charge in [-0.25, -0.2) is 13.8 Å². The van der Waals surface area contributed by atoms with Crippen LogP contribution in [0.2, 0.25) is 5.02 Å². The number of pyridine rings is 1. The number of halogens is 4. The van der Waals surface area contributed by atoms with Crippen molar-refractivity contribution in [2.24, 2.45) is 0 Å². The molecule has 0 atom stereocenters. The minimum atomic E-state index is -3.02. The highest BCUT2D eigenvalue weighted by Crippen LogP contribution is 2.34. The maximum atomic E-state index is 12.4. The van der Waals surface area contributed by atoms with Crippen molar-refractivity contribution in [3.8, 4) is 5.75 Å². The van der Waals surface area contributed by atoms with Gasteiger partial charge < -0.3 is 5.11 Å². The molecule has 0 aliphatic rings. The van der Waals surface area contributed by atoms with E-state index in [0.717, 1.165) is 6.20 Å². The summed E-state index contributed by atoms with van der Waals surface area (Å²) in [6, 6.07) is 0. The second-order valence-electron chi connectivity index (χ2n) is 1.96. The van der Waals surface area contributed by atoms with Crippen LogP contribution in [-0.4, -0.2) is 10.1 Å². The fourth-order valence-corrected chi connectivity index (χ4v) is 0.897. The minimum Gasteiger partial charge on any atom is -0.503 e. The highest BCUT2D eigenvalue weighted by molar-refractivity contribution is 6.31. The van der Waals surface area contributed by atoms with E-state index in [2.05, 4.69) is 4.98 Å². The molecule has 0 aliphatic carbocycles. The zero-order valence-corrected chi connectivity index (χ0v) is 6.32. The number of alkyl halides is 2. The first-order valence-corrected chi connectivity index (χ1v) is 3.23. The largest absolute Gasteiger partial charge is 0.503 e. The first-order valence-electron chi connectivity index (χ1n) is 2.85. The Morgan fingerprint density at radius 3 is 2.50 bits per heavy atom. The van der Waals surface area contributed by atoms with Gasteiger partial charge in [-0.3, -0.25) is 0 Å². The molecule has 0 unspecified atom stereocenters. The van der Waals surface area contributed by atoms with Crippen LogP contribution in [0.5, 0.6) is 5.75 Å². The molecule has 1 rings (SSSR count). The van der Waals surface area contributed by atoms with Crippen LogP contribution in [-0.2, 0) is 0 Å². The molecule has 0 spiro atoms. The van der Waals surface area contributed by atoms with E-state index in [1.54, 1.807) is 0 Å². The fraction of sp³-hybridized carbons (Fsp3) is 0.167. The van der Waals surface area contributed by atoms with Gasteiger partial charge in [0.2, 0.25) is 0 Å². The summed E-state index contributed by atoms with van der Waals surface area (Å²) in [5.41, 5.74) is -0.927. The van der Waals surface area contributed by atoms with Crippen molar-refractivity contribution in [3.63, 3.8) is 0 Å². The minimum absolute atomic E-state index is 0.455. The summed E-state index contributed by atoms with van der Waals surface area (Å²) in [5.74, 6) is -2.55. The number of hydrogen-bond acceptors (Lipinski definition) is 2. The fourth-order valence-electron chi connectivity index (χ4n) is 0.676. The van der Waals surface area contributed by atoms with Gasteiger partial charge in [0.25, 0.3) is 12.4 Å². The van der Waals surface area contributed by atoms with E-state index in [0.29, 0.717) is 0 Å². The van der Waals surface area contributed by atoms with E-state index in [1.165, 1.54) is 0 Å². The Morgan fingerprint density at radius 1 is 1.50 bits per heavy atom. The van der Waals surface area contributed by atoms with Crippen LogP contribution in [0.3, 0.4) is 0 Å². The van der Waals surface area contributed by atoms with E-state index in [9.17, 15) is 13.2 Å². The number of aromatic hydroxyl groups is 1. The molecular weight excluding hydrogens is 195 g/mol. The van der Waals surface area contributed by atoms with Gasteiger partial charge in [-0.2, -0.15) is 4.39 Å². The Kier molecular flexibility index (Phi) is 2.42. The Hall–Kier alpha value is -0.970. The Labute approximate surface area is 70.6 Å². The van der Waals surface area contributed by atoms with Crippen molar-refractivity contribution in [1.82, 2.24) is 4.98 Å². The molecule has 0 saturated heterocycles. The Morgan fingerprint density at radius 2 is 2.08 bits per heavy atom. The zero-order chi connectivity index (χ0) is 9.30. The topological polar surface area (TPSA) is 33.1 Å². The van der Waals surface area contributed by atoms with Crippen molar-refractivity contribution in [3.05, 3.63) is 22.7 Å². The number of nitrogens with zero attached hydrogens (tertiary/aromatic N) is 1. The second-order valence-corrected chi connectivity index (χ2v) is 2.37. The second kappa shape index (κ2) is 3.18. The smallest absolute Gasteiger partial charge is 0.269 e. The molecular formula is C6H3ClF3NO. The van der Waals surface area contributed by atoms with Gasteiger partial charge in [0.05, 0.1) is 10.6 Å². The van der Waals surface area contributed by atoms with Crippen molar-refractivity contribution < 1.29 is 18.3 Å². The molecule has 66 valence electrons. The predicted molar refractivity (Wildman–Crippen MR) is 35.8 cm³/mol. The zero-order valence-electron chi connectivity index (χ0n) is 5.56. The third-order valence-corrected chi connectivity index (χ3v) is 1.52. The van der Waals surface area contributed by atoms with Crippen LogP contribution in [0.4, 0.5) is 13.2 Å². The number of hydrogen-bond donors (Lipinski definition) is 1. The molecule has 1 aromatic rings. The summed E-state index contributed by atoms with van der Waals surface area (Å²) < 4.78 is 36.4. The molecule has 0 aromatic carbocycles. The molecule has 1 aromatic heterocycles. The van der Waals surface area contributed by atoms with Crippen LogP contribution in [0.1, 0.15) is 12.0 Å². The van der Waals surface area contributed by atoms with Gasteiger partial charge in [0.15, 0.2) is 5.75 Å². The lowest BCUT2D eigenvalue weighted by atomic mass is 10.2. The summed E-state index contributed by atoms with van der Waals surface area (Å²) in [4.78, 5) is 2.94. The highest BCUT2D eigenvalue weighted by atomic mass is 35.5. The van der Waals surface area contributed by atoms with Gasteiger partial charge in [-0.05, 0) is 0 Å². The summed E-state index contributed by atoms with van der Waals surface area (Å²) in [6.45, 7) is 0. The molecule has 2 nitrogen and oxygen atoms in total. The number of rotatable bonds is 1. The molecule has 0 radical (unpaired) electrons. The van der Waals surface area contributed by atoms with E-state index in [1.807, 2.05) is 0 Å². The summed E-state index contributed by atoms with van der Waals surface area (Å²) in [6.07, 6.45) is -2.30. The molecule has 0 saturated carbocycles. The van der Waals surface area contributed by atoms with Gasteiger partial charge in [-0.15, -0.1) is 0 Å². The molecule has 6 heteroatoms. The SMILES string of the molecule is Oc1c(F)ncc(Cl)c1C(F)F. The van der Waals surface area contributed by atoms with Crippen LogP contribution >= 0.6 is 11.6 Å². The van der Waals surface area contributed by atoms with Crippen molar-refractivity contribution in [2.45, 2.75) is 6.43 Å². The third-order valence-electron chi connectivity index (χ3n) is 1.22. The lowest BCUT2D eigenvalue weighted by molar-refractivity contribution is 0.146. The summed E-state index contributed by atoms with van der Waals surface area (Å²) >= 11 is 5.23. The summed E-state index contributed by atoms with van der Waals surface area (Å²) in [5, 5.41) is 8.29. The normalized spacial score (nSPS) is 10.8. The summed E-state index contributed by atoms with van der Waals surface area (Å²) in [7, 11) is 0. The maximum absolute atomic E-state index is 12.4. The first kappa shape index (κ1) is 9.12. The van der Waals surface area contributed by atoms with Crippen molar-refractivity contribution >= 4 is 11.6 Å². The van der Waals surface area contributed by atoms with Gasteiger partial charge in [-0.1, -0.05) is 11.6 Å². The quantitative estimate of drug-likeness (QED) is 0.702. The Balaban J connectivity index is 3.33. The van der Waals surface area contributed by atoms with Gasteiger partial charge in [0.1, 0.15) is 0 Å². The van der Waals surface area contributed by atoms with E-state index < -0.39 is 28.7 Å². The predicted octanol–water partition coefficient (Wildman–Crippen LogP) is 2.52. The molecule has 0 amide bonds. The van der Waals surface area contributed by atoms with Crippen LogP contribution in [0, 0.1) is 5.95 Å². The van der Waals surface area contributed by atoms with E-state index >= 15 is 0 Å². The molecule has 0 bridgehead atoms. The van der Waals surface area contributed by atoms with Crippen LogP contribution < -0.4 is 0 Å². The maximum Gasteiger partial charge on any atom is 0.269 e. The standard InChI is InChI=1S/C6H3ClF3NO/c7-2-1-11-6(10)4(12)3(2)5(8)9/h1,5,12H. The lowest BCUT2D eigenvalue weighted by Crippen LogP contribution is -1.93. The number of aromatic nitrogens is 1. The van der Waals surface area contributed by atoms with Crippen molar-refractivity contribution in [2.75, 3.05) is 0 Å². The van der Waals surface area contributed by atoms with Gasteiger partial charge in [0, 0.05) is 6.20 Å². The monoisotopic (exact) mass is 197 g/mol. The Bertz CT molecular complexity index is 305.